The Hall–Kier alpha value is -2.01. The lowest BCUT2D eigenvalue weighted by molar-refractivity contribution is 0.684. The molecule has 0 N–H and O–H groups in total. The van der Waals surface area contributed by atoms with Crippen LogP contribution in [-0.4, -0.2) is 9.78 Å². The SMILES string of the molecule is C#CC(C)(C)c1ccccc1-n1cccn1. The van der Waals surface area contributed by atoms with Crippen LogP contribution in [0.5, 0.6) is 0 Å². The quantitative estimate of drug-likeness (QED) is 0.697. The highest BCUT2D eigenvalue weighted by Crippen LogP contribution is 2.27. The fourth-order valence-electron chi connectivity index (χ4n) is 1.69. The van der Waals surface area contributed by atoms with Crippen molar-refractivity contribution in [1.82, 2.24) is 9.78 Å². The van der Waals surface area contributed by atoms with Gasteiger partial charge in [-0.3, -0.25) is 0 Å². The Kier molecular flexibility index (Phi) is 2.54. The van der Waals surface area contributed by atoms with Crippen LogP contribution in [0.2, 0.25) is 0 Å². The van der Waals surface area contributed by atoms with Crippen molar-refractivity contribution in [2.24, 2.45) is 0 Å². The number of nitrogens with zero attached hydrogens (tertiary/aromatic N) is 2. The van der Waals surface area contributed by atoms with Crippen LogP contribution in [0.3, 0.4) is 0 Å². The minimum Gasteiger partial charge on any atom is -0.241 e. The average Bonchev–Trinajstić information content (AvgIpc) is 2.82. The molecule has 1 aromatic heterocycles. The zero-order chi connectivity index (χ0) is 11.6. The van der Waals surface area contributed by atoms with Gasteiger partial charge < -0.3 is 0 Å². The highest BCUT2D eigenvalue weighted by atomic mass is 15.3. The molecule has 16 heavy (non-hydrogen) atoms. The van der Waals surface area contributed by atoms with E-state index in [4.69, 9.17) is 6.42 Å². The van der Waals surface area contributed by atoms with Gasteiger partial charge in [-0.25, -0.2) is 4.68 Å². The largest absolute Gasteiger partial charge is 0.241 e. The maximum absolute atomic E-state index is 5.58. The highest BCUT2D eigenvalue weighted by Gasteiger charge is 2.21. The lowest BCUT2D eigenvalue weighted by Gasteiger charge is -2.21. The molecule has 0 radical (unpaired) electrons. The molecule has 0 aliphatic carbocycles. The Morgan fingerprint density at radius 2 is 2.00 bits per heavy atom. The van der Waals surface area contributed by atoms with E-state index in [0.717, 1.165) is 11.3 Å². The Morgan fingerprint density at radius 3 is 2.62 bits per heavy atom. The summed E-state index contributed by atoms with van der Waals surface area (Å²) in [5, 5.41) is 4.24. The summed E-state index contributed by atoms with van der Waals surface area (Å²) in [4.78, 5) is 0. The van der Waals surface area contributed by atoms with E-state index in [2.05, 4.69) is 17.1 Å². The number of para-hydroxylation sites is 1. The molecule has 0 atom stereocenters. The van der Waals surface area contributed by atoms with Crippen LogP contribution in [0.1, 0.15) is 19.4 Å². The summed E-state index contributed by atoms with van der Waals surface area (Å²) >= 11 is 0. The van der Waals surface area contributed by atoms with E-state index >= 15 is 0 Å². The average molecular weight is 210 g/mol. The van der Waals surface area contributed by atoms with Crippen molar-refractivity contribution < 1.29 is 0 Å². The summed E-state index contributed by atoms with van der Waals surface area (Å²) in [6.45, 7) is 4.07. The van der Waals surface area contributed by atoms with Crippen LogP contribution in [0.15, 0.2) is 42.7 Å². The maximum Gasteiger partial charge on any atom is 0.0692 e. The normalized spacial score (nSPS) is 11.1. The van der Waals surface area contributed by atoms with Crippen LogP contribution < -0.4 is 0 Å². The van der Waals surface area contributed by atoms with Crippen LogP contribution in [-0.2, 0) is 5.41 Å². The second-order valence-corrected chi connectivity index (χ2v) is 4.24. The summed E-state index contributed by atoms with van der Waals surface area (Å²) < 4.78 is 1.84. The zero-order valence-corrected chi connectivity index (χ0v) is 9.51. The molecule has 80 valence electrons. The summed E-state index contributed by atoms with van der Waals surface area (Å²) in [5.41, 5.74) is 1.86. The third kappa shape index (κ3) is 1.72. The first-order valence-electron chi connectivity index (χ1n) is 5.22. The van der Waals surface area contributed by atoms with Gasteiger partial charge in [0.2, 0.25) is 0 Å². The number of rotatable bonds is 2. The third-order valence-electron chi connectivity index (χ3n) is 2.69. The molecule has 2 heteroatoms. The van der Waals surface area contributed by atoms with Crippen LogP contribution in [0.4, 0.5) is 0 Å². The van der Waals surface area contributed by atoms with Crippen molar-refractivity contribution >= 4 is 0 Å². The van der Waals surface area contributed by atoms with Crippen LogP contribution in [0, 0.1) is 12.3 Å². The van der Waals surface area contributed by atoms with Crippen molar-refractivity contribution in [3.05, 3.63) is 48.3 Å². The van der Waals surface area contributed by atoms with Gasteiger partial charge in [0.1, 0.15) is 0 Å². The molecular weight excluding hydrogens is 196 g/mol. The van der Waals surface area contributed by atoms with Gasteiger partial charge in [-0.1, -0.05) is 24.1 Å². The molecule has 2 rings (SSSR count). The number of aromatic nitrogens is 2. The van der Waals surface area contributed by atoms with E-state index < -0.39 is 0 Å². The Labute approximate surface area is 95.9 Å². The first-order chi connectivity index (χ1) is 7.65. The van der Waals surface area contributed by atoms with Crippen molar-refractivity contribution in [2.45, 2.75) is 19.3 Å². The summed E-state index contributed by atoms with van der Waals surface area (Å²) in [5.74, 6) is 2.82. The molecule has 0 bridgehead atoms. The molecule has 0 aliphatic heterocycles. The number of benzene rings is 1. The lowest BCUT2D eigenvalue weighted by Crippen LogP contribution is -2.17. The van der Waals surface area contributed by atoms with Gasteiger partial charge in [0, 0.05) is 12.4 Å². The lowest BCUT2D eigenvalue weighted by atomic mass is 9.84. The maximum atomic E-state index is 5.58. The number of hydrogen-bond acceptors (Lipinski definition) is 1. The molecule has 0 aliphatic rings. The van der Waals surface area contributed by atoms with Crippen LogP contribution >= 0.6 is 0 Å². The summed E-state index contributed by atoms with van der Waals surface area (Å²) in [7, 11) is 0. The number of terminal acetylenes is 1. The fourth-order valence-corrected chi connectivity index (χ4v) is 1.69. The van der Waals surface area contributed by atoms with Gasteiger partial charge in [0.25, 0.3) is 0 Å². The van der Waals surface area contributed by atoms with E-state index in [1.807, 2.05) is 49.0 Å². The first-order valence-corrected chi connectivity index (χ1v) is 5.22. The second kappa shape index (κ2) is 3.86. The molecule has 0 amide bonds. The molecule has 0 unspecified atom stereocenters. The number of hydrogen-bond donors (Lipinski definition) is 0. The predicted octanol–water partition coefficient (Wildman–Crippen LogP) is 2.78. The van der Waals surface area contributed by atoms with E-state index in [0.29, 0.717) is 0 Å². The zero-order valence-electron chi connectivity index (χ0n) is 9.51. The smallest absolute Gasteiger partial charge is 0.0692 e. The fraction of sp³-hybridized carbons (Fsp3) is 0.214. The van der Waals surface area contributed by atoms with E-state index in [1.54, 1.807) is 6.20 Å². The molecule has 0 spiro atoms. The summed E-state index contributed by atoms with van der Waals surface area (Å²) in [6, 6.07) is 9.98. The van der Waals surface area contributed by atoms with Crippen molar-refractivity contribution in [3.8, 4) is 18.0 Å². The molecule has 1 heterocycles. The molecular formula is C14H14N2. The van der Waals surface area contributed by atoms with Gasteiger partial charge in [-0.2, -0.15) is 5.10 Å². The molecule has 2 aromatic rings. The molecule has 0 fully saturated rings. The van der Waals surface area contributed by atoms with Gasteiger partial charge in [-0.05, 0) is 31.5 Å². The topological polar surface area (TPSA) is 17.8 Å². The first kappa shape index (κ1) is 10.5. The second-order valence-electron chi connectivity index (χ2n) is 4.24. The highest BCUT2D eigenvalue weighted by molar-refractivity contribution is 5.48. The van der Waals surface area contributed by atoms with E-state index in [-0.39, 0.29) is 5.41 Å². The van der Waals surface area contributed by atoms with Gasteiger partial charge in [-0.15, -0.1) is 6.42 Å². The van der Waals surface area contributed by atoms with Gasteiger partial charge >= 0.3 is 0 Å². The van der Waals surface area contributed by atoms with Crippen molar-refractivity contribution in [1.29, 1.82) is 0 Å². The Balaban J connectivity index is 2.61. The predicted molar refractivity (Wildman–Crippen MR) is 65.4 cm³/mol. The van der Waals surface area contributed by atoms with Crippen LogP contribution in [0.25, 0.3) is 5.69 Å². The monoisotopic (exact) mass is 210 g/mol. The van der Waals surface area contributed by atoms with E-state index in [1.165, 1.54) is 0 Å². The Bertz CT molecular complexity index is 516. The molecule has 0 saturated carbocycles. The van der Waals surface area contributed by atoms with Crippen molar-refractivity contribution in [3.63, 3.8) is 0 Å². The van der Waals surface area contributed by atoms with Gasteiger partial charge in [0.05, 0.1) is 11.1 Å². The standard InChI is InChI=1S/C14H14N2/c1-4-14(2,3)12-8-5-6-9-13(12)16-11-7-10-15-16/h1,5-11H,2-3H3. The third-order valence-corrected chi connectivity index (χ3v) is 2.69. The van der Waals surface area contributed by atoms with Gasteiger partial charge in [0.15, 0.2) is 0 Å². The molecule has 0 saturated heterocycles. The minimum absolute atomic E-state index is 0.289. The molecule has 2 nitrogen and oxygen atoms in total. The van der Waals surface area contributed by atoms with E-state index in [9.17, 15) is 0 Å². The van der Waals surface area contributed by atoms with Crippen molar-refractivity contribution in [2.75, 3.05) is 0 Å². The minimum atomic E-state index is -0.289. The molecule has 1 aromatic carbocycles. The Morgan fingerprint density at radius 1 is 1.25 bits per heavy atom. The summed E-state index contributed by atoms with van der Waals surface area (Å²) in [6.07, 6.45) is 9.27.